The first-order valence-corrected chi connectivity index (χ1v) is 13.1. The van der Waals surface area contributed by atoms with Crippen LogP contribution in [-0.2, 0) is 22.4 Å². The highest BCUT2D eigenvalue weighted by atomic mass is 16.2. The number of aromatic nitrogens is 2. The molecule has 38 heavy (non-hydrogen) atoms. The summed E-state index contributed by atoms with van der Waals surface area (Å²) in [6.45, 7) is 4.53. The predicted molar refractivity (Wildman–Crippen MR) is 149 cm³/mol. The van der Waals surface area contributed by atoms with E-state index in [1.165, 1.54) is 6.92 Å². The summed E-state index contributed by atoms with van der Waals surface area (Å²) in [6, 6.07) is 17.6. The number of piperidine rings is 1. The Bertz CT molecular complexity index is 1490. The quantitative estimate of drug-likeness (QED) is 0.326. The zero-order valence-corrected chi connectivity index (χ0v) is 21.8. The third-order valence-corrected chi connectivity index (χ3v) is 7.29. The Labute approximate surface area is 222 Å². The second-order valence-corrected chi connectivity index (χ2v) is 10.1. The number of carbonyl (C=O) groups excluding carboxylic acids is 3. The van der Waals surface area contributed by atoms with Crippen molar-refractivity contribution in [3.8, 4) is 11.1 Å². The van der Waals surface area contributed by atoms with E-state index in [9.17, 15) is 14.4 Å². The van der Waals surface area contributed by atoms with Crippen LogP contribution in [-0.4, -0.2) is 45.6 Å². The highest BCUT2D eigenvalue weighted by Crippen LogP contribution is 2.30. The summed E-state index contributed by atoms with van der Waals surface area (Å²) in [6.07, 6.45) is 6.69. The SMILES string of the molecule is CC(=O)Nc1cnc2[nH]ccc2c1C[C@@H]1CCCN(C(=O)Cc2ccc(-c3cccc(C(C)=O)c3)cc2)C1. The van der Waals surface area contributed by atoms with Crippen molar-refractivity contribution in [2.75, 3.05) is 18.4 Å². The zero-order chi connectivity index (χ0) is 26.6. The first-order chi connectivity index (χ1) is 18.4. The van der Waals surface area contributed by atoms with E-state index in [4.69, 9.17) is 0 Å². The number of fused-ring (bicyclic) bond motifs is 1. The number of carbonyl (C=O) groups is 3. The van der Waals surface area contributed by atoms with Gasteiger partial charge in [-0.1, -0.05) is 42.5 Å². The molecule has 7 nitrogen and oxygen atoms in total. The minimum absolute atomic E-state index is 0.0432. The maximum Gasteiger partial charge on any atom is 0.226 e. The molecule has 1 saturated heterocycles. The van der Waals surface area contributed by atoms with Crippen molar-refractivity contribution in [1.82, 2.24) is 14.9 Å². The maximum absolute atomic E-state index is 13.2. The van der Waals surface area contributed by atoms with Crippen molar-refractivity contribution in [1.29, 1.82) is 0 Å². The standard InChI is InChI=1S/C31H32N4O3/c1-20(36)25-6-3-7-26(17-25)24-10-8-22(9-11-24)16-30(38)35-14-4-5-23(19-35)15-28-27-12-13-32-31(27)33-18-29(28)34-21(2)37/h3,6-13,17-18,23H,4-5,14-16,19H2,1-2H3,(H,32,33)(H,34,37)/t23-/m0/s1. The second kappa shape index (κ2) is 11.0. The molecule has 194 valence electrons. The Hall–Kier alpha value is -4.26. The summed E-state index contributed by atoms with van der Waals surface area (Å²) in [5.41, 5.74) is 6.27. The van der Waals surface area contributed by atoms with Crippen molar-refractivity contribution in [2.45, 2.75) is 39.5 Å². The lowest BCUT2D eigenvalue weighted by molar-refractivity contribution is -0.132. The van der Waals surface area contributed by atoms with Crippen LogP contribution in [0.4, 0.5) is 5.69 Å². The Balaban J connectivity index is 1.25. The number of hydrogen-bond acceptors (Lipinski definition) is 4. The summed E-state index contributed by atoms with van der Waals surface area (Å²) < 4.78 is 0. The molecule has 7 heteroatoms. The predicted octanol–water partition coefficient (Wildman–Crippen LogP) is 5.41. The molecular formula is C31H32N4O3. The van der Waals surface area contributed by atoms with Gasteiger partial charge in [-0.2, -0.15) is 0 Å². The Morgan fingerprint density at radius 3 is 2.63 bits per heavy atom. The van der Waals surface area contributed by atoms with Gasteiger partial charge >= 0.3 is 0 Å². The third-order valence-electron chi connectivity index (χ3n) is 7.29. The molecule has 2 N–H and O–H groups in total. The molecule has 1 atom stereocenters. The van der Waals surface area contributed by atoms with Crippen LogP contribution in [0.2, 0.25) is 0 Å². The monoisotopic (exact) mass is 508 g/mol. The smallest absolute Gasteiger partial charge is 0.226 e. The van der Waals surface area contributed by atoms with Crippen molar-refractivity contribution < 1.29 is 14.4 Å². The van der Waals surface area contributed by atoms with Gasteiger partial charge in [0.25, 0.3) is 0 Å². The van der Waals surface area contributed by atoms with Gasteiger partial charge in [0.15, 0.2) is 5.78 Å². The zero-order valence-electron chi connectivity index (χ0n) is 21.8. The molecule has 0 spiro atoms. The molecule has 0 bridgehead atoms. The number of nitrogens with zero attached hydrogens (tertiary/aromatic N) is 2. The highest BCUT2D eigenvalue weighted by Gasteiger charge is 2.25. The largest absolute Gasteiger partial charge is 0.346 e. The van der Waals surface area contributed by atoms with Gasteiger partial charge in [0.2, 0.25) is 11.8 Å². The van der Waals surface area contributed by atoms with E-state index in [1.54, 1.807) is 13.1 Å². The van der Waals surface area contributed by atoms with Gasteiger partial charge in [0.1, 0.15) is 5.65 Å². The number of Topliss-reactive ketones (excluding diaryl/α,β-unsaturated/α-hetero) is 1. The summed E-state index contributed by atoms with van der Waals surface area (Å²) in [5, 5.41) is 3.93. The number of ketones is 1. The Morgan fingerprint density at radius 1 is 1.05 bits per heavy atom. The first-order valence-electron chi connectivity index (χ1n) is 13.1. The van der Waals surface area contributed by atoms with Gasteiger partial charge in [-0.3, -0.25) is 14.4 Å². The Kier molecular flexibility index (Phi) is 7.36. The fourth-order valence-electron chi connectivity index (χ4n) is 5.35. The molecule has 1 aliphatic heterocycles. The summed E-state index contributed by atoms with van der Waals surface area (Å²) >= 11 is 0. The first kappa shape index (κ1) is 25.4. The number of nitrogens with one attached hydrogen (secondary N) is 2. The van der Waals surface area contributed by atoms with Crippen LogP contribution in [0.3, 0.4) is 0 Å². The lowest BCUT2D eigenvalue weighted by Crippen LogP contribution is -2.41. The molecule has 0 unspecified atom stereocenters. The van der Waals surface area contributed by atoms with E-state index in [2.05, 4.69) is 15.3 Å². The molecule has 5 rings (SSSR count). The molecule has 4 aromatic rings. The minimum Gasteiger partial charge on any atom is -0.346 e. The summed E-state index contributed by atoms with van der Waals surface area (Å²) in [4.78, 5) is 46.3. The molecule has 3 heterocycles. The number of likely N-dealkylation sites (tertiary alicyclic amines) is 1. The number of benzene rings is 2. The lowest BCUT2D eigenvalue weighted by Gasteiger charge is -2.33. The van der Waals surface area contributed by atoms with E-state index in [0.717, 1.165) is 64.8 Å². The van der Waals surface area contributed by atoms with E-state index in [0.29, 0.717) is 24.4 Å². The molecule has 0 aliphatic carbocycles. The van der Waals surface area contributed by atoms with Gasteiger partial charge in [0, 0.05) is 37.2 Å². The average Bonchev–Trinajstić information content (AvgIpc) is 3.40. The number of H-pyrrole nitrogens is 1. The van der Waals surface area contributed by atoms with Crippen molar-refractivity contribution in [2.24, 2.45) is 5.92 Å². The van der Waals surface area contributed by atoms with Crippen molar-refractivity contribution >= 4 is 34.3 Å². The van der Waals surface area contributed by atoms with Crippen LogP contribution in [0.5, 0.6) is 0 Å². The number of amides is 2. The van der Waals surface area contributed by atoms with Crippen LogP contribution in [0, 0.1) is 5.92 Å². The van der Waals surface area contributed by atoms with Gasteiger partial charge in [0.05, 0.1) is 18.3 Å². The van der Waals surface area contributed by atoms with Crippen LogP contribution >= 0.6 is 0 Å². The molecule has 0 radical (unpaired) electrons. The number of pyridine rings is 1. The molecule has 2 aromatic heterocycles. The molecule has 1 aliphatic rings. The molecule has 2 amide bonds. The van der Waals surface area contributed by atoms with Gasteiger partial charge in [-0.25, -0.2) is 4.98 Å². The van der Waals surface area contributed by atoms with Crippen LogP contribution in [0.25, 0.3) is 22.2 Å². The van der Waals surface area contributed by atoms with Gasteiger partial charge < -0.3 is 15.2 Å². The number of anilines is 1. The Morgan fingerprint density at radius 2 is 1.87 bits per heavy atom. The van der Waals surface area contributed by atoms with Gasteiger partial charge in [-0.15, -0.1) is 0 Å². The van der Waals surface area contributed by atoms with E-state index in [1.807, 2.05) is 65.7 Å². The number of aromatic amines is 1. The fourth-order valence-corrected chi connectivity index (χ4v) is 5.35. The van der Waals surface area contributed by atoms with E-state index >= 15 is 0 Å². The topological polar surface area (TPSA) is 95.2 Å². The van der Waals surface area contributed by atoms with Crippen LogP contribution in [0.1, 0.15) is 48.2 Å². The van der Waals surface area contributed by atoms with E-state index in [-0.39, 0.29) is 17.6 Å². The maximum atomic E-state index is 13.2. The number of rotatable bonds is 7. The van der Waals surface area contributed by atoms with Crippen LogP contribution < -0.4 is 5.32 Å². The third kappa shape index (κ3) is 5.67. The molecule has 1 fully saturated rings. The van der Waals surface area contributed by atoms with Crippen molar-refractivity contribution in [3.05, 3.63) is 83.7 Å². The van der Waals surface area contributed by atoms with Crippen LogP contribution in [0.15, 0.2) is 67.0 Å². The average molecular weight is 509 g/mol. The molecule has 2 aromatic carbocycles. The van der Waals surface area contributed by atoms with E-state index < -0.39 is 0 Å². The molecular weight excluding hydrogens is 476 g/mol. The highest BCUT2D eigenvalue weighted by molar-refractivity contribution is 5.95. The fraction of sp³-hybridized carbons (Fsp3) is 0.290. The van der Waals surface area contributed by atoms with Gasteiger partial charge in [-0.05, 0) is 66.5 Å². The second-order valence-electron chi connectivity index (χ2n) is 10.1. The number of hydrogen-bond donors (Lipinski definition) is 2. The minimum atomic E-state index is -0.124. The molecule has 0 saturated carbocycles. The van der Waals surface area contributed by atoms with Crippen molar-refractivity contribution in [3.63, 3.8) is 0 Å². The summed E-state index contributed by atoms with van der Waals surface area (Å²) in [5.74, 6) is 0.351. The normalized spacial score (nSPS) is 15.4. The summed E-state index contributed by atoms with van der Waals surface area (Å²) in [7, 11) is 0. The lowest BCUT2D eigenvalue weighted by atomic mass is 9.89.